The van der Waals surface area contributed by atoms with Crippen LogP contribution in [0.2, 0.25) is 0 Å². The molecule has 5 nitrogen and oxygen atoms in total. The van der Waals surface area contributed by atoms with Crippen LogP contribution in [0.25, 0.3) is 0 Å². The quantitative estimate of drug-likeness (QED) is 0.446. The van der Waals surface area contributed by atoms with Gasteiger partial charge in [0.1, 0.15) is 17.2 Å². The smallest absolute Gasteiger partial charge is 0.258 e. The number of nitrogens with zero attached hydrogens (tertiary/aromatic N) is 1. The van der Waals surface area contributed by atoms with Crippen LogP contribution >= 0.6 is 0 Å². The third-order valence-electron chi connectivity index (χ3n) is 1.63. The molecule has 1 rings (SSSR count). The van der Waals surface area contributed by atoms with Gasteiger partial charge in [0, 0.05) is 6.07 Å². The van der Waals surface area contributed by atoms with Gasteiger partial charge in [-0.05, 0) is 12.1 Å². The van der Waals surface area contributed by atoms with Crippen molar-refractivity contribution in [2.75, 3.05) is 19.6 Å². The molecule has 0 bridgehead atoms. The molecule has 0 aliphatic heterocycles. The first kappa shape index (κ1) is 10.1. The molecular formula is C9H10N2O3. The molecule has 74 valence electrons. The third kappa shape index (κ3) is 2.24. The highest BCUT2D eigenvalue weighted by molar-refractivity contribution is 5.60. The van der Waals surface area contributed by atoms with Gasteiger partial charge in [0.2, 0.25) is 0 Å². The molecule has 0 heterocycles. The van der Waals surface area contributed by atoms with E-state index in [9.17, 15) is 4.79 Å². The standard InChI is InChI=1S/C9H10N2O3/c1-13-7-3-4-9(14-2)8(5-7)11-10-6-12/h3-5,11H,1-2H3. The number of isocyanates is 1. The van der Waals surface area contributed by atoms with Gasteiger partial charge in [-0.15, -0.1) is 0 Å². The molecule has 5 heteroatoms. The first-order valence-corrected chi connectivity index (χ1v) is 3.86. The molecule has 0 unspecified atom stereocenters. The minimum atomic E-state index is 0.551. The molecule has 14 heavy (non-hydrogen) atoms. The molecule has 1 aromatic rings. The fraction of sp³-hybridized carbons (Fsp3) is 0.222. The number of nitrogens with one attached hydrogen (secondary N) is 1. The van der Waals surface area contributed by atoms with E-state index in [4.69, 9.17) is 9.47 Å². The van der Waals surface area contributed by atoms with Crippen LogP contribution in [0.15, 0.2) is 23.3 Å². The summed E-state index contributed by atoms with van der Waals surface area (Å²) in [5.41, 5.74) is 3.04. The minimum absolute atomic E-state index is 0.551. The van der Waals surface area contributed by atoms with Crippen molar-refractivity contribution < 1.29 is 14.3 Å². The lowest BCUT2D eigenvalue weighted by Gasteiger charge is -2.08. The highest BCUT2D eigenvalue weighted by Crippen LogP contribution is 2.28. The fourth-order valence-electron chi connectivity index (χ4n) is 0.984. The Balaban J connectivity index is 3.01. The molecule has 0 spiro atoms. The van der Waals surface area contributed by atoms with Gasteiger partial charge in [-0.25, -0.2) is 4.79 Å². The van der Waals surface area contributed by atoms with Crippen molar-refractivity contribution in [3.05, 3.63) is 18.2 Å². The molecule has 0 amide bonds. The molecule has 1 aromatic carbocycles. The zero-order valence-corrected chi connectivity index (χ0v) is 7.90. The van der Waals surface area contributed by atoms with E-state index in [1.807, 2.05) is 0 Å². The minimum Gasteiger partial charge on any atom is -0.497 e. The molecule has 0 aliphatic carbocycles. The molecule has 0 aromatic heterocycles. The number of anilines is 1. The Bertz CT molecular complexity index is 359. The largest absolute Gasteiger partial charge is 0.497 e. The fourth-order valence-corrected chi connectivity index (χ4v) is 0.984. The van der Waals surface area contributed by atoms with Crippen LogP contribution in [-0.4, -0.2) is 20.3 Å². The number of hydrogen-bond acceptors (Lipinski definition) is 5. The Hall–Kier alpha value is -2.00. The highest BCUT2D eigenvalue weighted by Gasteiger charge is 2.03. The van der Waals surface area contributed by atoms with Gasteiger partial charge in [0.15, 0.2) is 0 Å². The number of hydrazone groups is 1. The zero-order chi connectivity index (χ0) is 10.4. The Morgan fingerprint density at radius 3 is 2.71 bits per heavy atom. The first-order valence-electron chi connectivity index (χ1n) is 3.86. The summed E-state index contributed by atoms with van der Waals surface area (Å²) in [4.78, 5) is 9.91. The number of ether oxygens (including phenoxy) is 2. The van der Waals surface area contributed by atoms with Crippen LogP contribution in [0, 0.1) is 0 Å². The van der Waals surface area contributed by atoms with Crippen molar-refractivity contribution in [1.29, 1.82) is 0 Å². The van der Waals surface area contributed by atoms with Crippen LogP contribution in [0.4, 0.5) is 5.69 Å². The van der Waals surface area contributed by atoms with Gasteiger partial charge in [-0.1, -0.05) is 5.10 Å². The maximum absolute atomic E-state index is 9.91. The SMILES string of the molecule is COc1ccc(OC)c(NN=C=O)c1. The summed E-state index contributed by atoms with van der Waals surface area (Å²) in [7, 11) is 3.08. The van der Waals surface area contributed by atoms with Crippen LogP contribution in [0.3, 0.4) is 0 Å². The van der Waals surface area contributed by atoms with Gasteiger partial charge < -0.3 is 9.47 Å². The van der Waals surface area contributed by atoms with E-state index in [0.717, 1.165) is 0 Å². The second kappa shape index (κ2) is 4.89. The van der Waals surface area contributed by atoms with E-state index in [0.29, 0.717) is 17.2 Å². The van der Waals surface area contributed by atoms with Gasteiger partial charge in [0.05, 0.1) is 14.2 Å². The van der Waals surface area contributed by atoms with Crippen LogP contribution in [0.1, 0.15) is 0 Å². The predicted molar refractivity (Wildman–Crippen MR) is 51.3 cm³/mol. The van der Waals surface area contributed by atoms with E-state index in [1.165, 1.54) is 13.2 Å². The monoisotopic (exact) mass is 194 g/mol. The van der Waals surface area contributed by atoms with Crippen molar-refractivity contribution >= 4 is 11.8 Å². The summed E-state index contributed by atoms with van der Waals surface area (Å²) in [5, 5.41) is 3.23. The van der Waals surface area contributed by atoms with E-state index in [-0.39, 0.29) is 0 Å². The molecule has 0 fully saturated rings. The maximum Gasteiger partial charge on any atom is 0.258 e. The molecular weight excluding hydrogens is 184 g/mol. The third-order valence-corrected chi connectivity index (χ3v) is 1.63. The van der Waals surface area contributed by atoms with Crippen molar-refractivity contribution in [2.24, 2.45) is 5.10 Å². The second-order valence-corrected chi connectivity index (χ2v) is 2.38. The van der Waals surface area contributed by atoms with E-state index >= 15 is 0 Å². The zero-order valence-electron chi connectivity index (χ0n) is 7.90. The Morgan fingerprint density at radius 2 is 2.14 bits per heavy atom. The Labute approximate surface area is 81.3 Å². The van der Waals surface area contributed by atoms with E-state index < -0.39 is 0 Å². The van der Waals surface area contributed by atoms with Gasteiger partial charge in [-0.3, -0.25) is 5.43 Å². The van der Waals surface area contributed by atoms with Gasteiger partial charge in [0.25, 0.3) is 6.08 Å². The van der Waals surface area contributed by atoms with Crippen LogP contribution in [0.5, 0.6) is 11.5 Å². The molecule has 0 saturated heterocycles. The summed E-state index contributed by atoms with van der Waals surface area (Å²) >= 11 is 0. The first-order chi connectivity index (χ1) is 6.81. The number of carbonyl (C=O) groups excluding carboxylic acids is 1. The highest BCUT2D eigenvalue weighted by atomic mass is 16.5. The summed E-state index contributed by atoms with van der Waals surface area (Å²) < 4.78 is 10.0. The van der Waals surface area contributed by atoms with Crippen molar-refractivity contribution in [2.45, 2.75) is 0 Å². The Morgan fingerprint density at radius 1 is 1.36 bits per heavy atom. The predicted octanol–water partition coefficient (Wildman–Crippen LogP) is 1.37. The number of benzene rings is 1. The lowest BCUT2D eigenvalue weighted by molar-refractivity contribution is 0.404. The number of hydrogen-bond donors (Lipinski definition) is 1. The van der Waals surface area contributed by atoms with Crippen molar-refractivity contribution in [1.82, 2.24) is 0 Å². The van der Waals surface area contributed by atoms with Crippen molar-refractivity contribution in [3.8, 4) is 11.5 Å². The lowest BCUT2D eigenvalue weighted by Crippen LogP contribution is -1.94. The Kier molecular flexibility index (Phi) is 3.52. The topological polar surface area (TPSA) is 59.9 Å². The summed E-state index contributed by atoms with van der Waals surface area (Å²) in [6.45, 7) is 0. The van der Waals surface area contributed by atoms with Gasteiger partial charge in [-0.2, -0.15) is 0 Å². The summed E-state index contributed by atoms with van der Waals surface area (Å²) in [6.07, 6.45) is 1.37. The van der Waals surface area contributed by atoms with Crippen LogP contribution < -0.4 is 14.9 Å². The average molecular weight is 194 g/mol. The van der Waals surface area contributed by atoms with Crippen molar-refractivity contribution in [3.63, 3.8) is 0 Å². The van der Waals surface area contributed by atoms with Gasteiger partial charge >= 0.3 is 0 Å². The summed E-state index contributed by atoms with van der Waals surface area (Å²) in [6, 6.07) is 5.12. The molecule has 0 aliphatic rings. The van der Waals surface area contributed by atoms with Crippen LogP contribution in [-0.2, 0) is 4.79 Å². The lowest BCUT2D eigenvalue weighted by atomic mass is 10.3. The molecule has 0 saturated carbocycles. The molecule has 0 radical (unpaired) electrons. The second-order valence-electron chi connectivity index (χ2n) is 2.38. The molecule has 1 N–H and O–H groups in total. The molecule has 0 atom stereocenters. The maximum atomic E-state index is 9.91. The normalized spacial score (nSPS) is 8.71. The van der Waals surface area contributed by atoms with E-state index in [2.05, 4.69) is 10.5 Å². The number of rotatable bonds is 4. The number of methoxy groups -OCH3 is 2. The van der Waals surface area contributed by atoms with E-state index in [1.54, 1.807) is 25.3 Å². The average Bonchev–Trinajstić information content (AvgIpc) is 2.25. The summed E-state index contributed by atoms with van der Waals surface area (Å²) in [5.74, 6) is 1.22.